The van der Waals surface area contributed by atoms with Crippen molar-refractivity contribution in [2.24, 2.45) is 0 Å². The summed E-state index contributed by atoms with van der Waals surface area (Å²) in [5.41, 5.74) is 0.0879. The Labute approximate surface area is 126 Å². The van der Waals surface area contributed by atoms with Gasteiger partial charge in [0.25, 0.3) is 0 Å². The number of esters is 1. The fourth-order valence-electron chi connectivity index (χ4n) is 2.96. The minimum Gasteiger partial charge on any atom is -0.465 e. The number of methoxy groups -OCH3 is 1. The number of carbonyl (C=O) groups is 1. The lowest BCUT2D eigenvalue weighted by molar-refractivity contribution is 0.0595. The highest BCUT2D eigenvalue weighted by Crippen LogP contribution is 2.31. The summed E-state index contributed by atoms with van der Waals surface area (Å²) in [4.78, 5) is 11.8. The molecule has 1 fully saturated rings. The monoisotopic (exact) mass is 311 g/mol. The van der Waals surface area contributed by atoms with Crippen LogP contribution >= 0.6 is 0 Å². The highest BCUT2D eigenvalue weighted by atomic mass is 32.2. The highest BCUT2D eigenvalue weighted by Gasteiger charge is 2.37. The Balaban J connectivity index is 2.51. The summed E-state index contributed by atoms with van der Waals surface area (Å²) in [6, 6.07) is 6.08. The molecule has 5 nitrogen and oxygen atoms in total. The van der Waals surface area contributed by atoms with Gasteiger partial charge in [-0.25, -0.2) is 13.2 Å². The van der Waals surface area contributed by atoms with E-state index in [-0.39, 0.29) is 22.5 Å². The van der Waals surface area contributed by atoms with Crippen molar-refractivity contribution < 1.29 is 17.9 Å². The average molecular weight is 311 g/mol. The van der Waals surface area contributed by atoms with Crippen LogP contribution in [-0.4, -0.2) is 37.9 Å². The topological polar surface area (TPSA) is 63.7 Å². The lowest BCUT2D eigenvalue weighted by atomic mass is 10.0. The molecular weight excluding hydrogens is 290 g/mol. The van der Waals surface area contributed by atoms with E-state index in [2.05, 4.69) is 0 Å². The fourth-order valence-corrected chi connectivity index (χ4v) is 5.02. The predicted octanol–water partition coefficient (Wildman–Crippen LogP) is 2.42. The molecule has 0 spiro atoms. The van der Waals surface area contributed by atoms with Crippen molar-refractivity contribution in [3.8, 4) is 0 Å². The van der Waals surface area contributed by atoms with Crippen LogP contribution in [0.15, 0.2) is 29.2 Å². The second-order valence-electron chi connectivity index (χ2n) is 5.45. The van der Waals surface area contributed by atoms with E-state index in [1.54, 1.807) is 12.1 Å². The number of hydrogen-bond donors (Lipinski definition) is 0. The van der Waals surface area contributed by atoms with Crippen LogP contribution in [0.3, 0.4) is 0 Å². The molecular formula is C15H21NO4S. The van der Waals surface area contributed by atoms with Gasteiger partial charge in [0.1, 0.15) is 0 Å². The quantitative estimate of drug-likeness (QED) is 0.804. The molecule has 1 aliphatic rings. The molecule has 21 heavy (non-hydrogen) atoms. The van der Waals surface area contributed by atoms with Crippen molar-refractivity contribution in [1.82, 2.24) is 4.31 Å². The van der Waals surface area contributed by atoms with E-state index in [4.69, 9.17) is 4.74 Å². The normalized spacial score (nSPS) is 23.8. The minimum atomic E-state index is -3.71. The van der Waals surface area contributed by atoms with Crippen molar-refractivity contribution >= 4 is 16.0 Å². The Bertz CT molecular complexity index is 616. The van der Waals surface area contributed by atoms with Crippen LogP contribution in [0.1, 0.15) is 43.5 Å². The molecule has 0 aromatic heterocycles. The molecule has 0 radical (unpaired) electrons. The smallest absolute Gasteiger partial charge is 0.339 e. The van der Waals surface area contributed by atoms with Gasteiger partial charge < -0.3 is 4.74 Å². The Morgan fingerprint density at radius 1 is 1.19 bits per heavy atom. The zero-order valence-corrected chi connectivity index (χ0v) is 13.4. The zero-order valence-electron chi connectivity index (χ0n) is 12.6. The van der Waals surface area contributed by atoms with Crippen molar-refractivity contribution in [3.05, 3.63) is 29.8 Å². The van der Waals surface area contributed by atoms with E-state index in [1.807, 2.05) is 13.8 Å². The molecule has 116 valence electrons. The van der Waals surface area contributed by atoms with E-state index in [0.29, 0.717) is 0 Å². The molecule has 2 atom stereocenters. The van der Waals surface area contributed by atoms with Crippen LogP contribution in [0.5, 0.6) is 0 Å². The van der Waals surface area contributed by atoms with Crippen LogP contribution in [0.4, 0.5) is 0 Å². The maximum Gasteiger partial charge on any atom is 0.339 e. The third-order valence-corrected chi connectivity index (χ3v) is 6.15. The van der Waals surface area contributed by atoms with E-state index in [9.17, 15) is 13.2 Å². The summed E-state index contributed by atoms with van der Waals surface area (Å²) in [5.74, 6) is -0.633. The zero-order chi connectivity index (χ0) is 15.6. The maximum atomic E-state index is 13.0. The highest BCUT2D eigenvalue weighted by molar-refractivity contribution is 7.89. The molecule has 0 aliphatic carbocycles. The molecule has 2 rings (SSSR count). The third kappa shape index (κ3) is 2.96. The minimum absolute atomic E-state index is 0.0254. The number of ether oxygens (including phenoxy) is 1. The van der Waals surface area contributed by atoms with Crippen LogP contribution in [0, 0.1) is 0 Å². The van der Waals surface area contributed by atoms with Crippen LogP contribution in [0.2, 0.25) is 0 Å². The number of benzene rings is 1. The number of sulfonamides is 1. The van der Waals surface area contributed by atoms with Crippen molar-refractivity contribution in [2.45, 2.75) is 50.1 Å². The second kappa shape index (κ2) is 6.15. The largest absolute Gasteiger partial charge is 0.465 e. The lowest BCUT2D eigenvalue weighted by Gasteiger charge is -2.37. The fraction of sp³-hybridized carbons (Fsp3) is 0.533. The third-order valence-electron chi connectivity index (χ3n) is 3.96. The number of piperidine rings is 1. The molecule has 1 aromatic carbocycles. The standard InChI is InChI=1S/C15H21NO4S/c1-11-7-6-8-12(2)16(11)21(18,19)14-10-5-4-9-13(14)15(17)20-3/h4-5,9-12H,6-8H2,1-3H3. The lowest BCUT2D eigenvalue weighted by Crippen LogP contribution is -2.47. The Morgan fingerprint density at radius 3 is 2.33 bits per heavy atom. The molecule has 0 amide bonds. The van der Waals surface area contributed by atoms with Crippen LogP contribution < -0.4 is 0 Å². The van der Waals surface area contributed by atoms with Gasteiger partial charge in [-0.3, -0.25) is 0 Å². The van der Waals surface area contributed by atoms with Crippen LogP contribution in [0.25, 0.3) is 0 Å². The average Bonchev–Trinajstić information content (AvgIpc) is 2.46. The Kier molecular flexibility index (Phi) is 4.68. The van der Waals surface area contributed by atoms with E-state index >= 15 is 0 Å². The van der Waals surface area contributed by atoms with Gasteiger partial charge in [-0.05, 0) is 38.8 Å². The van der Waals surface area contributed by atoms with Gasteiger partial charge in [-0.15, -0.1) is 0 Å². The maximum absolute atomic E-state index is 13.0. The van der Waals surface area contributed by atoms with Gasteiger partial charge in [0.05, 0.1) is 17.6 Å². The van der Waals surface area contributed by atoms with E-state index < -0.39 is 16.0 Å². The molecule has 1 saturated heterocycles. The van der Waals surface area contributed by atoms with Gasteiger partial charge in [0.15, 0.2) is 0 Å². The SMILES string of the molecule is COC(=O)c1ccccc1S(=O)(=O)N1C(C)CCCC1C. The first-order valence-corrected chi connectivity index (χ1v) is 8.54. The number of nitrogens with zero attached hydrogens (tertiary/aromatic N) is 1. The van der Waals surface area contributed by atoms with Crippen molar-refractivity contribution in [2.75, 3.05) is 7.11 Å². The van der Waals surface area contributed by atoms with E-state index in [0.717, 1.165) is 19.3 Å². The van der Waals surface area contributed by atoms with Crippen molar-refractivity contribution in [1.29, 1.82) is 0 Å². The molecule has 6 heteroatoms. The summed E-state index contributed by atoms with van der Waals surface area (Å²) in [6.45, 7) is 3.82. The summed E-state index contributed by atoms with van der Waals surface area (Å²) in [5, 5.41) is 0. The second-order valence-corrected chi connectivity index (χ2v) is 7.26. The van der Waals surface area contributed by atoms with Gasteiger partial charge in [-0.1, -0.05) is 18.6 Å². The summed E-state index contributed by atoms with van der Waals surface area (Å²) >= 11 is 0. The molecule has 1 aliphatic heterocycles. The van der Waals surface area contributed by atoms with Crippen molar-refractivity contribution in [3.63, 3.8) is 0 Å². The molecule has 0 bridgehead atoms. The molecule has 1 heterocycles. The van der Waals surface area contributed by atoms with Gasteiger partial charge >= 0.3 is 5.97 Å². The first-order valence-electron chi connectivity index (χ1n) is 7.10. The van der Waals surface area contributed by atoms with Gasteiger partial charge in [-0.2, -0.15) is 4.31 Å². The summed E-state index contributed by atoms with van der Waals surface area (Å²) in [6.07, 6.45) is 2.70. The molecule has 2 unspecified atom stereocenters. The first-order chi connectivity index (χ1) is 9.89. The van der Waals surface area contributed by atoms with Gasteiger partial charge in [0, 0.05) is 12.1 Å². The molecule has 0 N–H and O–H groups in total. The first kappa shape index (κ1) is 16.0. The van der Waals surface area contributed by atoms with Crippen LogP contribution in [-0.2, 0) is 14.8 Å². The molecule has 0 saturated carbocycles. The summed E-state index contributed by atoms with van der Waals surface area (Å²) in [7, 11) is -2.47. The number of rotatable bonds is 3. The summed E-state index contributed by atoms with van der Waals surface area (Å²) < 4.78 is 32.2. The Morgan fingerprint density at radius 2 is 1.76 bits per heavy atom. The Hall–Kier alpha value is -1.40. The van der Waals surface area contributed by atoms with E-state index in [1.165, 1.54) is 23.5 Å². The number of hydrogen-bond acceptors (Lipinski definition) is 4. The molecule has 1 aromatic rings. The predicted molar refractivity (Wildman–Crippen MR) is 79.6 cm³/mol. The number of carbonyl (C=O) groups excluding carboxylic acids is 1. The van der Waals surface area contributed by atoms with Gasteiger partial charge in [0.2, 0.25) is 10.0 Å².